The van der Waals surface area contributed by atoms with Gasteiger partial charge < -0.3 is 9.59 Å². The topological polar surface area (TPSA) is 20.2 Å². The van der Waals surface area contributed by atoms with Crippen molar-refractivity contribution >= 4 is 0 Å². The summed E-state index contributed by atoms with van der Waals surface area (Å²) in [6.07, 6.45) is 5.78. The van der Waals surface area contributed by atoms with Gasteiger partial charge in [0.2, 0.25) is 0 Å². The molecule has 3 atom stereocenters. The lowest BCUT2D eigenvalue weighted by Crippen LogP contribution is -2.52. The molecule has 0 aromatic heterocycles. The van der Waals surface area contributed by atoms with E-state index in [-0.39, 0.29) is 6.10 Å². The number of aliphatic hydroxyl groups is 1. The van der Waals surface area contributed by atoms with Crippen molar-refractivity contribution in [3.8, 4) is 0 Å². The summed E-state index contributed by atoms with van der Waals surface area (Å²) in [5.74, 6) is 0. The fourth-order valence-corrected chi connectivity index (χ4v) is 3.47. The number of aliphatic hydroxyl groups excluding tert-OH is 1. The Bertz CT molecular complexity index is 378. The van der Waals surface area contributed by atoms with Gasteiger partial charge in [0.15, 0.2) is 0 Å². The number of benzene rings is 1. The molecule has 1 fully saturated rings. The van der Waals surface area contributed by atoms with Gasteiger partial charge in [-0.3, -0.25) is 0 Å². The normalized spacial score (nSPS) is 28.5. The van der Waals surface area contributed by atoms with E-state index in [1.165, 1.54) is 37.8 Å². The summed E-state index contributed by atoms with van der Waals surface area (Å²) < 4.78 is 1.07. The van der Waals surface area contributed by atoms with Crippen LogP contribution in [0.5, 0.6) is 0 Å². The molecular weight excluding hydrogens is 234 g/mol. The Kier molecular flexibility index (Phi) is 5.00. The van der Waals surface area contributed by atoms with E-state index >= 15 is 0 Å². The number of aryl methyl sites for hydroxylation is 1. The number of hydrogen-bond acceptors (Lipinski definition) is 1. The molecule has 0 saturated carbocycles. The number of hydrogen-bond donors (Lipinski definition) is 1. The highest BCUT2D eigenvalue weighted by molar-refractivity contribution is 5.14. The Hall–Kier alpha value is -0.860. The SMILES string of the molecule is CCC(O)C[N+]1(C)CCCC1CCc1ccccc1. The maximum Gasteiger partial charge on any atom is 0.105 e. The third-order valence-electron chi connectivity index (χ3n) is 4.80. The average molecular weight is 262 g/mol. The molecule has 1 heterocycles. The van der Waals surface area contributed by atoms with Gasteiger partial charge in [0, 0.05) is 19.3 Å². The minimum Gasteiger partial charge on any atom is -0.387 e. The molecule has 1 aliphatic rings. The van der Waals surface area contributed by atoms with Crippen LogP contribution in [-0.4, -0.2) is 41.9 Å². The van der Waals surface area contributed by atoms with Gasteiger partial charge in [0.25, 0.3) is 0 Å². The molecule has 1 aromatic carbocycles. The zero-order valence-corrected chi connectivity index (χ0v) is 12.4. The van der Waals surface area contributed by atoms with Gasteiger partial charge in [-0.15, -0.1) is 0 Å². The Morgan fingerprint density at radius 3 is 2.74 bits per heavy atom. The second-order valence-corrected chi connectivity index (χ2v) is 6.27. The van der Waals surface area contributed by atoms with E-state index < -0.39 is 0 Å². The molecule has 0 spiro atoms. The van der Waals surface area contributed by atoms with Crippen LogP contribution in [0.2, 0.25) is 0 Å². The molecule has 0 amide bonds. The summed E-state index contributed by atoms with van der Waals surface area (Å²) in [5.41, 5.74) is 1.44. The van der Waals surface area contributed by atoms with Crippen molar-refractivity contribution in [2.24, 2.45) is 0 Å². The minimum absolute atomic E-state index is 0.137. The van der Waals surface area contributed by atoms with Crippen LogP contribution in [-0.2, 0) is 6.42 Å². The molecular formula is C17H28NO+. The Balaban J connectivity index is 1.91. The third-order valence-corrected chi connectivity index (χ3v) is 4.80. The zero-order chi connectivity index (χ0) is 13.7. The van der Waals surface area contributed by atoms with E-state index in [9.17, 15) is 5.11 Å². The predicted octanol–water partition coefficient (Wildman–Crippen LogP) is 3.00. The summed E-state index contributed by atoms with van der Waals surface area (Å²) in [5, 5.41) is 9.97. The van der Waals surface area contributed by atoms with Gasteiger partial charge in [-0.1, -0.05) is 37.3 Å². The molecule has 1 aromatic rings. The fraction of sp³-hybridized carbons (Fsp3) is 0.647. The maximum absolute atomic E-state index is 9.97. The number of likely N-dealkylation sites (N-methyl/N-ethyl adjacent to an activating group) is 1. The highest BCUT2D eigenvalue weighted by Crippen LogP contribution is 2.29. The first-order valence-electron chi connectivity index (χ1n) is 7.70. The standard InChI is InChI=1S/C17H28NO/c1-3-17(19)14-18(2)13-7-10-16(18)12-11-15-8-5-4-6-9-15/h4-6,8-9,16-17,19H,3,7,10-14H2,1-2H3/q+1. The lowest BCUT2D eigenvalue weighted by molar-refractivity contribution is -0.924. The molecule has 1 saturated heterocycles. The minimum atomic E-state index is -0.137. The highest BCUT2D eigenvalue weighted by Gasteiger charge is 2.38. The predicted molar refractivity (Wildman–Crippen MR) is 80.0 cm³/mol. The Morgan fingerprint density at radius 1 is 1.32 bits per heavy atom. The monoisotopic (exact) mass is 262 g/mol. The molecule has 1 aliphatic heterocycles. The van der Waals surface area contributed by atoms with E-state index in [2.05, 4.69) is 44.3 Å². The molecule has 2 heteroatoms. The molecule has 0 radical (unpaired) electrons. The number of likely N-dealkylation sites (tertiary alicyclic amines) is 1. The first kappa shape index (κ1) is 14.5. The van der Waals surface area contributed by atoms with Gasteiger partial charge in [-0.2, -0.15) is 0 Å². The lowest BCUT2D eigenvalue weighted by atomic mass is 10.0. The van der Waals surface area contributed by atoms with E-state index in [0.717, 1.165) is 23.5 Å². The van der Waals surface area contributed by atoms with Gasteiger partial charge in [0.1, 0.15) is 12.6 Å². The van der Waals surface area contributed by atoms with Crippen molar-refractivity contribution in [3.63, 3.8) is 0 Å². The Labute approximate surface area is 117 Å². The van der Waals surface area contributed by atoms with Crippen LogP contribution >= 0.6 is 0 Å². The van der Waals surface area contributed by atoms with E-state index in [1.54, 1.807) is 0 Å². The van der Waals surface area contributed by atoms with Crippen molar-refractivity contribution < 1.29 is 9.59 Å². The first-order valence-corrected chi connectivity index (χ1v) is 7.70. The molecule has 2 rings (SSSR count). The molecule has 2 nitrogen and oxygen atoms in total. The second kappa shape index (κ2) is 6.53. The molecule has 106 valence electrons. The molecule has 0 aliphatic carbocycles. The number of quaternary nitrogens is 1. The van der Waals surface area contributed by atoms with Crippen molar-refractivity contribution in [1.82, 2.24) is 0 Å². The molecule has 1 N–H and O–H groups in total. The van der Waals surface area contributed by atoms with Gasteiger partial charge in [-0.05, 0) is 18.4 Å². The Morgan fingerprint density at radius 2 is 2.05 bits per heavy atom. The van der Waals surface area contributed by atoms with Gasteiger partial charge >= 0.3 is 0 Å². The quantitative estimate of drug-likeness (QED) is 0.781. The molecule has 19 heavy (non-hydrogen) atoms. The van der Waals surface area contributed by atoms with E-state index in [4.69, 9.17) is 0 Å². The number of rotatable bonds is 6. The third kappa shape index (κ3) is 3.80. The van der Waals surface area contributed by atoms with Crippen molar-refractivity contribution in [2.75, 3.05) is 20.1 Å². The second-order valence-electron chi connectivity index (χ2n) is 6.27. The summed E-state index contributed by atoms with van der Waals surface area (Å²) >= 11 is 0. The maximum atomic E-state index is 9.97. The number of nitrogens with zero attached hydrogens (tertiary/aromatic N) is 1. The summed E-state index contributed by atoms with van der Waals surface area (Å²) in [6.45, 7) is 4.23. The zero-order valence-electron chi connectivity index (χ0n) is 12.4. The van der Waals surface area contributed by atoms with Crippen molar-refractivity contribution in [2.45, 2.75) is 51.2 Å². The van der Waals surface area contributed by atoms with Crippen LogP contribution in [0.15, 0.2) is 30.3 Å². The molecule has 0 bridgehead atoms. The summed E-state index contributed by atoms with van der Waals surface area (Å²) in [7, 11) is 2.33. The largest absolute Gasteiger partial charge is 0.387 e. The van der Waals surface area contributed by atoms with E-state index in [0.29, 0.717) is 0 Å². The summed E-state index contributed by atoms with van der Waals surface area (Å²) in [4.78, 5) is 0. The van der Waals surface area contributed by atoms with Crippen molar-refractivity contribution in [3.05, 3.63) is 35.9 Å². The smallest absolute Gasteiger partial charge is 0.105 e. The van der Waals surface area contributed by atoms with E-state index in [1.807, 2.05) is 0 Å². The first-order chi connectivity index (χ1) is 9.14. The lowest BCUT2D eigenvalue weighted by Gasteiger charge is -2.37. The van der Waals surface area contributed by atoms with Crippen LogP contribution in [0.3, 0.4) is 0 Å². The van der Waals surface area contributed by atoms with Crippen LogP contribution in [0, 0.1) is 0 Å². The molecule has 3 unspecified atom stereocenters. The van der Waals surface area contributed by atoms with Gasteiger partial charge in [0.05, 0.1) is 19.6 Å². The van der Waals surface area contributed by atoms with Crippen LogP contribution < -0.4 is 0 Å². The summed E-state index contributed by atoms with van der Waals surface area (Å²) in [6, 6.07) is 11.5. The van der Waals surface area contributed by atoms with Crippen LogP contribution in [0.4, 0.5) is 0 Å². The average Bonchev–Trinajstić information content (AvgIpc) is 2.78. The van der Waals surface area contributed by atoms with Crippen molar-refractivity contribution in [1.29, 1.82) is 0 Å². The van der Waals surface area contributed by atoms with Crippen LogP contribution in [0.25, 0.3) is 0 Å². The van der Waals surface area contributed by atoms with Gasteiger partial charge in [-0.25, -0.2) is 0 Å². The highest BCUT2D eigenvalue weighted by atomic mass is 16.3. The fourth-order valence-electron chi connectivity index (χ4n) is 3.47. The van der Waals surface area contributed by atoms with Crippen LogP contribution in [0.1, 0.15) is 38.2 Å².